The van der Waals surface area contributed by atoms with Gasteiger partial charge in [0.15, 0.2) is 0 Å². The SMILES string of the molecule is C(=Cc1cccc2c3ccccc3n(-c3ccccc3)c12)c1ccccc1. The zero-order chi connectivity index (χ0) is 18.1. The van der Waals surface area contributed by atoms with Crippen molar-refractivity contribution in [3.05, 3.63) is 114 Å². The molecule has 1 heterocycles. The molecule has 1 nitrogen and oxygen atoms in total. The van der Waals surface area contributed by atoms with Crippen molar-refractivity contribution in [2.24, 2.45) is 0 Å². The van der Waals surface area contributed by atoms with Gasteiger partial charge in [0.05, 0.1) is 11.0 Å². The van der Waals surface area contributed by atoms with Crippen molar-refractivity contribution in [2.45, 2.75) is 0 Å². The minimum atomic E-state index is 1.18. The molecule has 0 atom stereocenters. The molecule has 0 bridgehead atoms. The van der Waals surface area contributed by atoms with E-state index in [9.17, 15) is 0 Å². The van der Waals surface area contributed by atoms with Gasteiger partial charge in [-0.25, -0.2) is 0 Å². The molecule has 27 heavy (non-hydrogen) atoms. The quantitative estimate of drug-likeness (QED) is 0.312. The Labute approximate surface area is 158 Å². The maximum atomic E-state index is 2.37. The highest BCUT2D eigenvalue weighted by Gasteiger charge is 2.13. The highest BCUT2D eigenvalue weighted by molar-refractivity contribution is 6.11. The molecular weight excluding hydrogens is 326 g/mol. The van der Waals surface area contributed by atoms with Crippen molar-refractivity contribution in [3.63, 3.8) is 0 Å². The van der Waals surface area contributed by atoms with Crippen LogP contribution >= 0.6 is 0 Å². The van der Waals surface area contributed by atoms with E-state index in [1.807, 2.05) is 6.07 Å². The van der Waals surface area contributed by atoms with Gasteiger partial charge in [0.1, 0.15) is 0 Å². The molecule has 0 aliphatic carbocycles. The molecule has 0 N–H and O–H groups in total. The summed E-state index contributed by atoms with van der Waals surface area (Å²) in [7, 11) is 0. The van der Waals surface area contributed by atoms with Crippen LogP contribution in [0.5, 0.6) is 0 Å². The van der Waals surface area contributed by atoms with Crippen LogP contribution in [0.2, 0.25) is 0 Å². The van der Waals surface area contributed by atoms with E-state index in [2.05, 4.69) is 114 Å². The van der Waals surface area contributed by atoms with E-state index in [0.717, 1.165) is 0 Å². The van der Waals surface area contributed by atoms with E-state index in [1.165, 1.54) is 38.6 Å². The summed E-state index contributed by atoms with van der Waals surface area (Å²) in [6, 6.07) is 36.2. The summed E-state index contributed by atoms with van der Waals surface area (Å²) in [6.45, 7) is 0. The van der Waals surface area contributed by atoms with Crippen molar-refractivity contribution >= 4 is 34.0 Å². The lowest BCUT2D eigenvalue weighted by molar-refractivity contribution is 1.18. The Morgan fingerprint density at radius 2 is 1.19 bits per heavy atom. The molecule has 0 fully saturated rings. The van der Waals surface area contributed by atoms with Gasteiger partial charge in [0.25, 0.3) is 0 Å². The third kappa shape index (κ3) is 2.74. The van der Waals surface area contributed by atoms with E-state index in [-0.39, 0.29) is 0 Å². The van der Waals surface area contributed by atoms with E-state index >= 15 is 0 Å². The molecule has 0 aliphatic rings. The van der Waals surface area contributed by atoms with Crippen LogP contribution in [0.15, 0.2) is 103 Å². The number of nitrogens with zero attached hydrogens (tertiary/aromatic N) is 1. The Kier molecular flexibility index (Phi) is 3.84. The standard InChI is InChI=1S/C26H19N/c1-3-10-20(11-4-1)18-19-21-12-9-16-24-23-15-7-8-17-25(23)27(26(21)24)22-13-5-2-6-14-22/h1-19H. The van der Waals surface area contributed by atoms with Crippen LogP contribution in [0, 0.1) is 0 Å². The smallest absolute Gasteiger partial charge is 0.0613 e. The van der Waals surface area contributed by atoms with Crippen molar-refractivity contribution in [1.82, 2.24) is 4.57 Å². The Bertz CT molecular complexity index is 1250. The number of aromatic nitrogens is 1. The molecule has 0 amide bonds. The van der Waals surface area contributed by atoms with Crippen molar-refractivity contribution < 1.29 is 0 Å². The van der Waals surface area contributed by atoms with Gasteiger partial charge < -0.3 is 4.57 Å². The number of benzene rings is 4. The molecule has 1 aromatic heterocycles. The molecule has 0 saturated heterocycles. The lowest BCUT2D eigenvalue weighted by Gasteiger charge is -2.09. The van der Waals surface area contributed by atoms with Crippen LogP contribution in [0.1, 0.15) is 11.1 Å². The van der Waals surface area contributed by atoms with E-state index in [1.54, 1.807) is 0 Å². The number of fused-ring (bicyclic) bond motifs is 3. The number of hydrogen-bond acceptors (Lipinski definition) is 0. The topological polar surface area (TPSA) is 4.93 Å². The lowest BCUT2D eigenvalue weighted by Crippen LogP contribution is -1.94. The maximum Gasteiger partial charge on any atom is 0.0613 e. The number of rotatable bonds is 3. The first kappa shape index (κ1) is 15.7. The molecule has 0 radical (unpaired) electrons. The zero-order valence-electron chi connectivity index (χ0n) is 14.9. The lowest BCUT2D eigenvalue weighted by atomic mass is 10.1. The van der Waals surface area contributed by atoms with Crippen molar-refractivity contribution in [1.29, 1.82) is 0 Å². The monoisotopic (exact) mass is 345 g/mol. The third-order valence-corrected chi connectivity index (χ3v) is 5.00. The van der Waals surface area contributed by atoms with Gasteiger partial charge in [-0.15, -0.1) is 0 Å². The van der Waals surface area contributed by atoms with Gasteiger partial charge in [0.2, 0.25) is 0 Å². The summed E-state index contributed by atoms with van der Waals surface area (Å²) in [5.41, 5.74) is 6.09. The summed E-state index contributed by atoms with van der Waals surface area (Å²) >= 11 is 0. The molecule has 0 unspecified atom stereocenters. The van der Waals surface area contributed by atoms with Crippen molar-refractivity contribution in [3.8, 4) is 5.69 Å². The van der Waals surface area contributed by atoms with Crippen molar-refractivity contribution in [2.75, 3.05) is 0 Å². The van der Waals surface area contributed by atoms with Crippen LogP contribution in [0.3, 0.4) is 0 Å². The van der Waals surface area contributed by atoms with Gasteiger partial charge >= 0.3 is 0 Å². The van der Waals surface area contributed by atoms with E-state index < -0.39 is 0 Å². The summed E-state index contributed by atoms with van der Waals surface area (Å²) in [5.74, 6) is 0. The first-order chi connectivity index (χ1) is 13.4. The average molecular weight is 345 g/mol. The molecule has 5 aromatic rings. The van der Waals surface area contributed by atoms with Crippen LogP contribution < -0.4 is 0 Å². The Balaban J connectivity index is 1.82. The first-order valence-corrected chi connectivity index (χ1v) is 9.22. The first-order valence-electron chi connectivity index (χ1n) is 9.22. The van der Waals surface area contributed by atoms with Gasteiger partial charge in [-0.1, -0.05) is 97.1 Å². The fraction of sp³-hybridized carbons (Fsp3) is 0. The highest BCUT2D eigenvalue weighted by atomic mass is 15.0. The summed E-state index contributed by atoms with van der Waals surface area (Å²) in [4.78, 5) is 0. The van der Waals surface area contributed by atoms with Crippen LogP contribution in [0.4, 0.5) is 0 Å². The summed E-state index contributed by atoms with van der Waals surface area (Å²) < 4.78 is 2.37. The third-order valence-electron chi connectivity index (χ3n) is 5.00. The van der Waals surface area contributed by atoms with Gasteiger partial charge in [-0.3, -0.25) is 0 Å². The molecule has 4 aromatic carbocycles. The summed E-state index contributed by atoms with van der Waals surface area (Å²) in [5, 5.41) is 2.57. The normalized spacial score (nSPS) is 11.6. The molecule has 5 rings (SSSR count). The van der Waals surface area contributed by atoms with E-state index in [0.29, 0.717) is 0 Å². The molecule has 0 spiro atoms. The van der Waals surface area contributed by atoms with Gasteiger partial charge in [-0.2, -0.15) is 0 Å². The Morgan fingerprint density at radius 3 is 2.00 bits per heavy atom. The number of hydrogen-bond donors (Lipinski definition) is 0. The second kappa shape index (κ2) is 6.62. The van der Waals surface area contributed by atoms with Gasteiger partial charge in [-0.05, 0) is 29.3 Å². The zero-order valence-corrected chi connectivity index (χ0v) is 14.9. The molecule has 128 valence electrons. The summed E-state index contributed by atoms with van der Waals surface area (Å²) in [6.07, 6.45) is 4.40. The second-order valence-corrected chi connectivity index (χ2v) is 6.68. The number of para-hydroxylation sites is 3. The minimum Gasteiger partial charge on any atom is -0.309 e. The molecule has 0 saturated carbocycles. The van der Waals surface area contributed by atoms with Gasteiger partial charge in [0, 0.05) is 16.5 Å². The molecule has 1 heteroatoms. The average Bonchev–Trinajstić information content (AvgIpc) is 3.09. The van der Waals surface area contributed by atoms with Crippen LogP contribution in [0.25, 0.3) is 39.6 Å². The van der Waals surface area contributed by atoms with Crippen LogP contribution in [-0.2, 0) is 0 Å². The Morgan fingerprint density at radius 1 is 0.519 bits per heavy atom. The fourth-order valence-corrected chi connectivity index (χ4v) is 3.77. The molecule has 0 aliphatic heterocycles. The highest BCUT2D eigenvalue weighted by Crippen LogP contribution is 2.34. The van der Waals surface area contributed by atoms with Crippen LogP contribution in [-0.4, -0.2) is 4.57 Å². The Hall–Kier alpha value is -3.58. The maximum absolute atomic E-state index is 2.37. The molecular formula is C26H19N. The predicted molar refractivity (Wildman–Crippen MR) is 116 cm³/mol. The fourth-order valence-electron chi connectivity index (χ4n) is 3.77. The predicted octanol–water partition coefficient (Wildman–Crippen LogP) is 6.95. The second-order valence-electron chi connectivity index (χ2n) is 6.68. The van der Waals surface area contributed by atoms with E-state index in [4.69, 9.17) is 0 Å². The largest absolute Gasteiger partial charge is 0.309 e. The minimum absolute atomic E-state index is 1.18.